The normalized spacial score (nSPS) is 12.3. The average molecular weight is 433 g/mol. The molecule has 156 valence electrons. The zero-order valence-electron chi connectivity index (χ0n) is 17.0. The van der Waals surface area contributed by atoms with Gasteiger partial charge in [-0.1, -0.05) is 29.5 Å². The molecule has 1 aliphatic heterocycles. The number of hydrogen-bond acceptors (Lipinski definition) is 7. The molecule has 2 aromatic carbocycles. The lowest BCUT2D eigenvalue weighted by Gasteiger charge is -2.08. The van der Waals surface area contributed by atoms with E-state index in [0.717, 1.165) is 33.8 Å². The first-order valence-electron chi connectivity index (χ1n) is 9.69. The van der Waals surface area contributed by atoms with Crippen molar-refractivity contribution in [3.63, 3.8) is 0 Å². The standard InChI is InChI=1S/C22H19N5O3S/c1-13-3-5-16(14(2)9-13)23-21(28)11-31-22-25-24-20-8-6-17(26-27(20)22)15-4-7-18-19(10-15)30-12-29-18/h3-10H,11-12H2,1-2H3,(H,23,28). The molecule has 0 saturated carbocycles. The van der Waals surface area contributed by atoms with Gasteiger partial charge in [0.05, 0.1) is 11.4 Å². The molecule has 9 heteroatoms. The van der Waals surface area contributed by atoms with Gasteiger partial charge in [0.25, 0.3) is 0 Å². The lowest BCUT2D eigenvalue weighted by molar-refractivity contribution is -0.113. The molecule has 0 spiro atoms. The average Bonchev–Trinajstić information content (AvgIpc) is 3.40. The van der Waals surface area contributed by atoms with Crippen molar-refractivity contribution in [1.29, 1.82) is 0 Å². The molecule has 5 rings (SSSR count). The molecule has 0 aliphatic carbocycles. The van der Waals surface area contributed by atoms with E-state index in [9.17, 15) is 4.79 Å². The van der Waals surface area contributed by atoms with Crippen molar-refractivity contribution in [2.24, 2.45) is 0 Å². The van der Waals surface area contributed by atoms with Gasteiger partial charge >= 0.3 is 0 Å². The minimum Gasteiger partial charge on any atom is -0.454 e. The minimum absolute atomic E-state index is 0.111. The number of benzene rings is 2. The van der Waals surface area contributed by atoms with Gasteiger partial charge in [-0.25, -0.2) is 0 Å². The summed E-state index contributed by atoms with van der Waals surface area (Å²) < 4.78 is 12.5. The number of rotatable bonds is 5. The third-order valence-electron chi connectivity index (χ3n) is 4.89. The van der Waals surface area contributed by atoms with Gasteiger partial charge in [-0.15, -0.1) is 10.2 Å². The summed E-state index contributed by atoms with van der Waals surface area (Å²) in [5.74, 6) is 1.51. The fourth-order valence-corrected chi connectivity index (χ4v) is 4.03. The molecule has 3 heterocycles. The van der Waals surface area contributed by atoms with Crippen molar-refractivity contribution in [2.75, 3.05) is 17.9 Å². The van der Waals surface area contributed by atoms with E-state index in [0.29, 0.717) is 16.6 Å². The van der Waals surface area contributed by atoms with Crippen LogP contribution < -0.4 is 14.8 Å². The number of amides is 1. The minimum atomic E-state index is -0.111. The number of nitrogens with zero attached hydrogens (tertiary/aromatic N) is 4. The summed E-state index contributed by atoms with van der Waals surface area (Å²) in [6.07, 6.45) is 0. The van der Waals surface area contributed by atoms with Crippen LogP contribution in [0.3, 0.4) is 0 Å². The maximum Gasteiger partial charge on any atom is 0.234 e. The second kappa shape index (κ2) is 7.92. The highest BCUT2D eigenvalue weighted by Gasteiger charge is 2.16. The number of anilines is 1. The molecule has 0 fully saturated rings. The quantitative estimate of drug-likeness (QED) is 0.478. The fraction of sp³-hybridized carbons (Fsp3) is 0.182. The Kier molecular flexibility index (Phi) is 4.95. The first-order valence-corrected chi connectivity index (χ1v) is 10.7. The number of carbonyl (C=O) groups is 1. The van der Waals surface area contributed by atoms with Gasteiger partial charge in [0.1, 0.15) is 0 Å². The Balaban J connectivity index is 1.33. The summed E-state index contributed by atoms with van der Waals surface area (Å²) in [4.78, 5) is 12.4. The van der Waals surface area contributed by atoms with Crippen molar-refractivity contribution < 1.29 is 14.3 Å². The number of fused-ring (bicyclic) bond motifs is 2. The van der Waals surface area contributed by atoms with Crippen LogP contribution in [0, 0.1) is 13.8 Å². The van der Waals surface area contributed by atoms with Crippen LogP contribution in [0.25, 0.3) is 16.9 Å². The summed E-state index contributed by atoms with van der Waals surface area (Å²) in [6, 6.07) is 15.3. The summed E-state index contributed by atoms with van der Waals surface area (Å²) in [5.41, 5.74) is 5.24. The van der Waals surface area contributed by atoms with Gasteiger partial charge in [-0.2, -0.15) is 9.61 Å². The van der Waals surface area contributed by atoms with E-state index in [4.69, 9.17) is 9.47 Å². The molecule has 0 atom stereocenters. The van der Waals surface area contributed by atoms with E-state index in [-0.39, 0.29) is 18.5 Å². The third kappa shape index (κ3) is 3.91. The molecule has 8 nitrogen and oxygen atoms in total. The van der Waals surface area contributed by atoms with Crippen LogP contribution in [0.15, 0.2) is 53.7 Å². The predicted molar refractivity (Wildman–Crippen MR) is 118 cm³/mol. The summed E-state index contributed by atoms with van der Waals surface area (Å²) in [5, 5.41) is 16.5. The summed E-state index contributed by atoms with van der Waals surface area (Å²) in [7, 11) is 0. The highest BCUT2D eigenvalue weighted by atomic mass is 32.2. The number of thioether (sulfide) groups is 1. The van der Waals surface area contributed by atoms with Crippen LogP contribution in [0.1, 0.15) is 11.1 Å². The van der Waals surface area contributed by atoms with Crippen molar-refractivity contribution in [1.82, 2.24) is 19.8 Å². The van der Waals surface area contributed by atoms with Crippen LogP contribution in [0.2, 0.25) is 0 Å². The molecule has 0 saturated heterocycles. The Morgan fingerprint density at radius 1 is 1.06 bits per heavy atom. The Bertz CT molecular complexity index is 1300. The number of aryl methyl sites for hydroxylation is 2. The highest BCUT2D eigenvalue weighted by molar-refractivity contribution is 7.99. The van der Waals surface area contributed by atoms with E-state index in [1.165, 1.54) is 11.8 Å². The molecule has 4 aromatic rings. The van der Waals surface area contributed by atoms with Crippen molar-refractivity contribution in [3.8, 4) is 22.8 Å². The lowest BCUT2D eigenvalue weighted by atomic mass is 10.1. The molecule has 1 aliphatic rings. The van der Waals surface area contributed by atoms with Crippen LogP contribution in [-0.2, 0) is 4.79 Å². The highest BCUT2D eigenvalue weighted by Crippen LogP contribution is 2.35. The topological polar surface area (TPSA) is 90.6 Å². The van der Waals surface area contributed by atoms with Gasteiger partial charge in [0, 0.05) is 11.3 Å². The Morgan fingerprint density at radius 3 is 2.81 bits per heavy atom. The molecule has 1 amide bonds. The van der Waals surface area contributed by atoms with Crippen LogP contribution >= 0.6 is 11.8 Å². The maximum atomic E-state index is 12.4. The number of aromatic nitrogens is 4. The van der Waals surface area contributed by atoms with E-state index < -0.39 is 0 Å². The molecular formula is C22H19N5O3S. The van der Waals surface area contributed by atoms with Gasteiger partial charge < -0.3 is 14.8 Å². The Labute approximate surface area is 182 Å². The zero-order valence-corrected chi connectivity index (χ0v) is 17.8. The molecule has 0 bridgehead atoms. The van der Waals surface area contributed by atoms with Crippen molar-refractivity contribution in [2.45, 2.75) is 19.0 Å². The number of hydrogen-bond donors (Lipinski definition) is 1. The lowest BCUT2D eigenvalue weighted by Crippen LogP contribution is -2.15. The smallest absolute Gasteiger partial charge is 0.234 e. The monoisotopic (exact) mass is 433 g/mol. The fourth-order valence-electron chi connectivity index (χ4n) is 3.34. The summed E-state index contributed by atoms with van der Waals surface area (Å²) >= 11 is 1.29. The molecular weight excluding hydrogens is 414 g/mol. The molecule has 1 N–H and O–H groups in total. The van der Waals surface area contributed by atoms with E-state index in [1.54, 1.807) is 4.52 Å². The summed E-state index contributed by atoms with van der Waals surface area (Å²) in [6.45, 7) is 4.22. The Morgan fingerprint density at radius 2 is 1.94 bits per heavy atom. The van der Waals surface area contributed by atoms with E-state index in [2.05, 4.69) is 20.6 Å². The van der Waals surface area contributed by atoms with E-state index in [1.807, 2.05) is 62.4 Å². The third-order valence-corrected chi connectivity index (χ3v) is 5.81. The maximum absolute atomic E-state index is 12.4. The van der Waals surface area contributed by atoms with Crippen LogP contribution in [0.4, 0.5) is 5.69 Å². The van der Waals surface area contributed by atoms with Crippen molar-refractivity contribution >= 4 is 29.0 Å². The number of nitrogens with one attached hydrogen (secondary N) is 1. The Hall–Kier alpha value is -3.59. The number of carbonyl (C=O) groups excluding carboxylic acids is 1. The van der Waals surface area contributed by atoms with E-state index >= 15 is 0 Å². The number of ether oxygens (including phenoxy) is 2. The molecule has 0 radical (unpaired) electrons. The van der Waals surface area contributed by atoms with Crippen LogP contribution in [-0.4, -0.2) is 38.3 Å². The zero-order chi connectivity index (χ0) is 21.4. The van der Waals surface area contributed by atoms with Crippen LogP contribution in [0.5, 0.6) is 11.5 Å². The second-order valence-corrected chi connectivity index (χ2v) is 8.14. The SMILES string of the molecule is Cc1ccc(NC(=O)CSc2nnc3ccc(-c4ccc5c(c4)OCO5)nn23)c(C)c1. The van der Waals surface area contributed by atoms with Gasteiger partial charge in [0.15, 0.2) is 17.1 Å². The van der Waals surface area contributed by atoms with Gasteiger partial charge in [-0.05, 0) is 55.8 Å². The molecule has 31 heavy (non-hydrogen) atoms. The second-order valence-electron chi connectivity index (χ2n) is 7.19. The van der Waals surface area contributed by atoms with Gasteiger partial charge in [0.2, 0.25) is 17.9 Å². The predicted octanol–water partition coefficient (Wildman–Crippen LogP) is 3.87. The van der Waals surface area contributed by atoms with Crippen molar-refractivity contribution in [3.05, 3.63) is 59.7 Å². The molecule has 0 unspecified atom stereocenters. The first-order chi connectivity index (χ1) is 15.1. The largest absolute Gasteiger partial charge is 0.454 e. The van der Waals surface area contributed by atoms with Gasteiger partial charge in [-0.3, -0.25) is 4.79 Å². The molecule has 2 aromatic heterocycles. The first kappa shape index (κ1) is 19.4.